The zero-order valence-corrected chi connectivity index (χ0v) is 17.7. The number of benzene rings is 5. The van der Waals surface area contributed by atoms with E-state index >= 15 is 0 Å². The summed E-state index contributed by atoms with van der Waals surface area (Å²) in [4.78, 5) is 18.7. The fourth-order valence-corrected chi connectivity index (χ4v) is 5.03. The zero-order chi connectivity index (χ0) is 21.9. The van der Waals surface area contributed by atoms with Crippen LogP contribution in [0.3, 0.4) is 0 Å². The third-order valence-electron chi connectivity index (χ3n) is 6.56. The Kier molecular flexibility index (Phi) is 3.70. The fraction of sp³-hybridized carbons (Fsp3) is 0. The Bertz CT molecular complexity index is 1870. The Hall–Kier alpha value is -4.50. The molecule has 0 N–H and O–H groups in total. The second kappa shape index (κ2) is 6.75. The highest BCUT2D eigenvalue weighted by atomic mass is 16.1. The van der Waals surface area contributed by atoms with E-state index in [4.69, 9.17) is 4.98 Å². The van der Waals surface area contributed by atoms with Crippen LogP contribution < -0.4 is 5.56 Å². The Balaban J connectivity index is 1.61. The Morgan fingerprint density at radius 1 is 0.576 bits per heavy atom. The van der Waals surface area contributed by atoms with Gasteiger partial charge in [-0.05, 0) is 45.8 Å². The minimum absolute atomic E-state index is 0.0268. The van der Waals surface area contributed by atoms with Crippen LogP contribution in [0.2, 0.25) is 0 Å². The highest BCUT2D eigenvalue weighted by molar-refractivity contribution is 6.19. The molecule has 0 aliphatic rings. The normalized spacial score (nSPS) is 11.8. The summed E-state index contributed by atoms with van der Waals surface area (Å²) in [5, 5.41) is 3.78. The van der Waals surface area contributed by atoms with E-state index < -0.39 is 0 Å². The maximum absolute atomic E-state index is 13.8. The molecule has 0 unspecified atom stereocenters. The SMILES string of the molecule is O=c1c2ccc(-c3ccccc3)c3cccc(c32)c2nc3ccc(-c4ccccc4)cc3n12. The van der Waals surface area contributed by atoms with E-state index in [9.17, 15) is 4.79 Å². The lowest BCUT2D eigenvalue weighted by molar-refractivity contribution is 1.19. The van der Waals surface area contributed by atoms with Crippen molar-refractivity contribution >= 4 is 38.2 Å². The van der Waals surface area contributed by atoms with Crippen LogP contribution in [0.1, 0.15) is 0 Å². The number of fused-ring (bicyclic) bond motifs is 4. The predicted molar refractivity (Wildman–Crippen MR) is 136 cm³/mol. The molecule has 3 heteroatoms. The molecule has 0 saturated heterocycles. The van der Waals surface area contributed by atoms with Gasteiger partial charge >= 0.3 is 0 Å². The molecule has 0 aliphatic carbocycles. The molecule has 7 aromatic rings. The summed E-state index contributed by atoms with van der Waals surface area (Å²) in [6.07, 6.45) is 0. The van der Waals surface area contributed by atoms with Crippen LogP contribution >= 0.6 is 0 Å². The second-order valence-electron chi connectivity index (χ2n) is 8.40. The summed E-state index contributed by atoms with van der Waals surface area (Å²) in [6.45, 7) is 0. The van der Waals surface area contributed by atoms with Gasteiger partial charge in [-0.25, -0.2) is 4.98 Å². The first kappa shape index (κ1) is 18.1. The fourth-order valence-electron chi connectivity index (χ4n) is 5.03. The second-order valence-corrected chi connectivity index (χ2v) is 8.40. The smallest absolute Gasteiger partial charge is 0.264 e. The summed E-state index contributed by atoms with van der Waals surface area (Å²) >= 11 is 0. The minimum atomic E-state index is -0.0268. The average Bonchev–Trinajstić information content (AvgIpc) is 3.27. The summed E-state index contributed by atoms with van der Waals surface area (Å²) < 4.78 is 1.78. The molecule has 33 heavy (non-hydrogen) atoms. The minimum Gasteiger partial charge on any atom is -0.268 e. The first-order valence-corrected chi connectivity index (χ1v) is 11.0. The van der Waals surface area contributed by atoms with Crippen molar-refractivity contribution in [2.75, 3.05) is 0 Å². The van der Waals surface area contributed by atoms with Gasteiger partial charge < -0.3 is 0 Å². The van der Waals surface area contributed by atoms with Crippen LogP contribution in [0.5, 0.6) is 0 Å². The molecule has 0 radical (unpaired) electrons. The van der Waals surface area contributed by atoms with Crippen molar-refractivity contribution in [2.24, 2.45) is 0 Å². The molecule has 0 atom stereocenters. The molecule has 5 aromatic carbocycles. The molecule has 0 amide bonds. The van der Waals surface area contributed by atoms with E-state index in [1.165, 1.54) is 0 Å². The van der Waals surface area contributed by atoms with Gasteiger partial charge in [0.15, 0.2) is 0 Å². The lowest BCUT2D eigenvalue weighted by Gasteiger charge is -2.12. The first-order chi connectivity index (χ1) is 16.3. The van der Waals surface area contributed by atoms with Crippen molar-refractivity contribution in [1.82, 2.24) is 9.38 Å². The molecule has 0 aliphatic heterocycles. The summed E-state index contributed by atoms with van der Waals surface area (Å²) in [6, 6.07) is 36.9. The maximum Gasteiger partial charge on any atom is 0.264 e. The summed E-state index contributed by atoms with van der Waals surface area (Å²) in [5.74, 6) is 0. The van der Waals surface area contributed by atoms with Crippen molar-refractivity contribution in [3.05, 3.63) is 120 Å². The largest absolute Gasteiger partial charge is 0.268 e. The summed E-state index contributed by atoms with van der Waals surface area (Å²) in [7, 11) is 0. The number of imidazole rings is 1. The van der Waals surface area contributed by atoms with Crippen LogP contribution in [0.4, 0.5) is 0 Å². The number of hydrogen-bond donors (Lipinski definition) is 0. The standard InChI is InChI=1S/C30H18N2O/c33-30-25-16-15-22(20-10-5-2-6-11-20)23-12-7-13-24(28(23)25)29-31-26-17-14-21(18-27(26)32(29)30)19-8-3-1-4-9-19/h1-18H. The Morgan fingerprint density at radius 3 is 2.09 bits per heavy atom. The van der Waals surface area contributed by atoms with E-state index in [0.29, 0.717) is 5.65 Å². The Labute approximate surface area is 189 Å². The number of rotatable bonds is 2. The van der Waals surface area contributed by atoms with Gasteiger partial charge in [-0.1, -0.05) is 91.0 Å². The van der Waals surface area contributed by atoms with Crippen molar-refractivity contribution in [2.45, 2.75) is 0 Å². The molecule has 2 aromatic heterocycles. The van der Waals surface area contributed by atoms with E-state index in [0.717, 1.165) is 54.8 Å². The lowest BCUT2D eigenvalue weighted by Crippen LogP contribution is -2.13. The number of aromatic nitrogens is 2. The molecule has 0 saturated carbocycles. The van der Waals surface area contributed by atoms with Crippen LogP contribution in [0.15, 0.2) is 114 Å². The van der Waals surface area contributed by atoms with Gasteiger partial charge in [0, 0.05) is 16.2 Å². The maximum atomic E-state index is 13.8. The third kappa shape index (κ3) is 2.56. The van der Waals surface area contributed by atoms with Crippen molar-refractivity contribution in [3.8, 4) is 22.3 Å². The van der Waals surface area contributed by atoms with Gasteiger partial charge in [0.25, 0.3) is 5.56 Å². The van der Waals surface area contributed by atoms with Crippen LogP contribution in [-0.4, -0.2) is 9.38 Å². The van der Waals surface area contributed by atoms with Gasteiger partial charge in [0.2, 0.25) is 0 Å². The molecule has 0 bridgehead atoms. The molecule has 7 rings (SSSR count). The predicted octanol–water partition coefficient (Wildman–Crippen LogP) is 6.93. The first-order valence-electron chi connectivity index (χ1n) is 11.0. The molecular formula is C30H18N2O. The molecule has 0 fully saturated rings. The average molecular weight is 422 g/mol. The molecule has 2 heterocycles. The molecule has 154 valence electrons. The van der Waals surface area contributed by atoms with Gasteiger partial charge in [-0.3, -0.25) is 9.20 Å². The Morgan fingerprint density at radius 2 is 1.30 bits per heavy atom. The van der Waals surface area contributed by atoms with Crippen LogP contribution in [-0.2, 0) is 0 Å². The van der Waals surface area contributed by atoms with Crippen LogP contribution in [0, 0.1) is 0 Å². The third-order valence-corrected chi connectivity index (χ3v) is 6.56. The van der Waals surface area contributed by atoms with Gasteiger partial charge in [0.05, 0.1) is 11.0 Å². The number of nitrogens with zero attached hydrogens (tertiary/aromatic N) is 2. The van der Waals surface area contributed by atoms with Crippen LogP contribution in [0.25, 0.3) is 60.5 Å². The van der Waals surface area contributed by atoms with E-state index in [-0.39, 0.29) is 5.56 Å². The monoisotopic (exact) mass is 422 g/mol. The van der Waals surface area contributed by atoms with Crippen molar-refractivity contribution in [3.63, 3.8) is 0 Å². The highest BCUT2D eigenvalue weighted by Gasteiger charge is 2.18. The van der Waals surface area contributed by atoms with E-state index in [1.807, 2.05) is 48.5 Å². The van der Waals surface area contributed by atoms with E-state index in [1.54, 1.807) is 4.40 Å². The lowest BCUT2D eigenvalue weighted by atomic mass is 9.94. The number of pyridine rings is 1. The van der Waals surface area contributed by atoms with Gasteiger partial charge in [-0.15, -0.1) is 0 Å². The van der Waals surface area contributed by atoms with Crippen molar-refractivity contribution < 1.29 is 0 Å². The molecule has 0 spiro atoms. The summed E-state index contributed by atoms with van der Waals surface area (Å²) in [5.41, 5.74) is 6.80. The topological polar surface area (TPSA) is 34.4 Å². The van der Waals surface area contributed by atoms with Gasteiger partial charge in [-0.2, -0.15) is 0 Å². The number of hydrogen-bond acceptors (Lipinski definition) is 2. The zero-order valence-electron chi connectivity index (χ0n) is 17.7. The molecular weight excluding hydrogens is 404 g/mol. The van der Waals surface area contributed by atoms with Gasteiger partial charge in [0.1, 0.15) is 5.65 Å². The van der Waals surface area contributed by atoms with Crippen molar-refractivity contribution in [1.29, 1.82) is 0 Å². The molecule has 3 nitrogen and oxygen atoms in total. The highest BCUT2D eigenvalue weighted by Crippen LogP contribution is 2.36. The quantitative estimate of drug-likeness (QED) is 0.303. The van der Waals surface area contributed by atoms with E-state index in [2.05, 4.69) is 60.7 Å².